The minimum atomic E-state index is -0.596. The quantitative estimate of drug-likeness (QED) is 0.673. The number of carbonyl (C=O) groups is 1. The van der Waals surface area contributed by atoms with Crippen LogP contribution in [-0.2, 0) is 11.4 Å². The average molecular weight is 405 g/mol. The van der Waals surface area contributed by atoms with Crippen LogP contribution in [0.25, 0.3) is 11.3 Å². The summed E-state index contributed by atoms with van der Waals surface area (Å²) in [5.41, 5.74) is 5.58. The number of nitrogens with zero attached hydrogens (tertiary/aromatic N) is 2. The van der Waals surface area contributed by atoms with Gasteiger partial charge in [0.05, 0.1) is 18.9 Å². The Morgan fingerprint density at radius 3 is 2.77 bits per heavy atom. The van der Waals surface area contributed by atoms with Gasteiger partial charge in [-0.05, 0) is 54.4 Å². The van der Waals surface area contributed by atoms with Crippen LogP contribution in [0, 0.1) is 6.92 Å². The molecule has 6 heteroatoms. The first kappa shape index (κ1) is 20.0. The summed E-state index contributed by atoms with van der Waals surface area (Å²) in [4.78, 5) is 19.4. The molecule has 1 aliphatic heterocycles. The first-order valence-electron chi connectivity index (χ1n) is 10.00. The van der Waals surface area contributed by atoms with Gasteiger partial charge in [-0.25, -0.2) is 4.39 Å². The number of morpholine rings is 1. The van der Waals surface area contributed by atoms with E-state index in [9.17, 15) is 9.18 Å². The average Bonchev–Trinajstić information content (AvgIpc) is 2.81. The maximum absolute atomic E-state index is 12.9. The molecule has 0 radical (unpaired) electrons. The number of alkyl halides is 1. The Labute approximate surface area is 175 Å². The lowest BCUT2D eigenvalue weighted by atomic mass is 10.0. The Hall–Kier alpha value is -3.25. The van der Waals surface area contributed by atoms with Crippen LogP contribution in [0.2, 0.25) is 0 Å². The van der Waals surface area contributed by atoms with Crippen molar-refractivity contribution < 1.29 is 13.9 Å². The molecule has 1 fully saturated rings. The molecule has 1 amide bonds. The van der Waals surface area contributed by atoms with Crippen LogP contribution in [0.3, 0.4) is 0 Å². The number of hydrogen-bond donors (Lipinski definition) is 1. The summed E-state index contributed by atoms with van der Waals surface area (Å²) in [6.45, 7) is 4.59. The molecule has 5 nitrogen and oxygen atoms in total. The van der Waals surface area contributed by atoms with Crippen molar-refractivity contribution in [1.82, 2.24) is 4.98 Å². The standard InChI is InChI=1S/C24H24FN3O2/c1-17-5-6-20(27-24(29)19-4-2-3-18(13-19)16-25)14-22(17)23-15-21(7-8-26-23)28-9-11-30-12-10-28/h2-8,13-15H,9-12,16H2,1H3,(H,27,29). The minimum Gasteiger partial charge on any atom is -0.378 e. The summed E-state index contributed by atoms with van der Waals surface area (Å²) in [6, 6.07) is 16.4. The van der Waals surface area contributed by atoms with Crippen LogP contribution < -0.4 is 10.2 Å². The van der Waals surface area contributed by atoms with Gasteiger partial charge < -0.3 is 15.0 Å². The van der Waals surface area contributed by atoms with Gasteiger partial charge in [0.25, 0.3) is 5.91 Å². The topological polar surface area (TPSA) is 54.5 Å². The van der Waals surface area contributed by atoms with E-state index in [2.05, 4.69) is 21.3 Å². The highest BCUT2D eigenvalue weighted by Crippen LogP contribution is 2.28. The lowest BCUT2D eigenvalue weighted by molar-refractivity contribution is 0.102. The van der Waals surface area contributed by atoms with Gasteiger partial charge in [-0.3, -0.25) is 9.78 Å². The number of rotatable bonds is 5. The second-order valence-electron chi connectivity index (χ2n) is 7.32. The molecular formula is C24H24FN3O2. The molecule has 1 aliphatic rings. The largest absolute Gasteiger partial charge is 0.378 e. The van der Waals surface area contributed by atoms with Gasteiger partial charge >= 0.3 is 0 Å². The maximum Gasteiger partial charge on any atom is 0.255 e. The summed E-state index contributed by atoms with van der Waals surface area (Å²) >= 11 is 0. The molecule has 0 saturated carbocycles. The Kier molecular flexibility index (Phi) is 6.05. The predicted molar refractivity (Wildman–Crippen MR) is 117 cm³/mol. The predicted octanol–water partition coefficient (Wildman–Crippen LogP) is 4.62. The summed E-state index contributed by atoms with van der Waals surface area (Å²) < 4.78 is 18.3. The molecule has 1 N–H and O–H groups in total. The Morgan fingerprint density at radius 1 is 1.13 bits per heavy atom. The maximum atomic E-state index is 12.9. The van der Waals surface area contributed by atoms with Crippen molar-refractivity contribution in [2.75, 3.05) is 36.5 Å². The zero-order chi connectivity index (χ0) is 20.9. The number of ether oxygens (including phenoxy) is 1. The van der Waals surface area contributed by atoms with Crippen LogP contribution in [0.5, 0.6) is 0 Å². The number of anilines is 2. The zero-order valence-corrected chi connectivity index (χ0v) is 16.9. The zero-order valence-electron chi connectivity index (χ0n) is 16.9. The van der Waals surface area contributed by atoms with Crippen LogP contribution in [0.15, 0.2) is 60.8 Å². The molecule has 154 valence electrons. The Balaban J connectivity index is 1.58. The van der Waals surface area contributed by atoms with E-state index < -0.39 is 6.67 Å². The van der Waals surface area contributed by atoms with Crippen LogP contribution >= 0.6 is 0 Å². The van der Waals surface area contributed by atoms with Gasteiger partial charge in [0.1, 0.15) is 6.67 Å². The lowest BCUT2D eigenvalue weighted by Gasteiger charge is -2.29. The number of aryl methyl sites for hydroxylation is 1. The van der Waals surface area contributed by atoms with Gasteiger partial charge in [-0.15, -0.1) is 0 Å². The monoisotopic (exact) mass is 405 g/mol. The van der Waals surface area contributed by atoms with E-state index in [0.29, 0.717) is 16.8 Å². The molecular weight excluding hydrogens is 381 g/mol. The summed E-state index contributed by atoms with van der Waals surface area (Å²) in [5, 5.41) is 2.91. The van der Waals surface area contributed by atoms with Gasteiger partial charge in [-0.1, -0.05) is 18.2 Å². The third kappa shape index (κ3) is 4.49. The van der Waals surface area contributed by atoms with E-state index in [0.717, 1.165) is 48.8 Å². The molecule has 1 aromatic heterocycles. The third-order valence-corrected chi connectivity index (χ3v) is 5.23. The number of pyridine rings is 1. The van der Waals surface area contributed by atoms with Crippen molar-refractivity contribution >= 4 is 17.3 Å². The van der Waals surface area contributed by atoms with E-state index >= 15 is 0 Å². The first-order valence-corrected chi connectivity index (χ1v) is 10.00. The van der Waals surface area contributed by atoms with Crippen molar-refractivity contribution in [3.63, 3.8) is 0 Å². The number of halogens is 1. The van der Waals surface area contributed by atoms with Crippen LogP contribution in [0.1, 0.15) is 21.5 Å². The number of benzene rings is 2. The van der Waals surface area contributed by atoms with E-state index in [-0.39, 0.29) is 5.91 Å². The molecule has 0 bridgehead atoms. The Morgan fingerprint density at radius 2 is 1.97 bits per heavy atom. The third-order valence-electron chi connectivity index (χ3n) is 5.23. The lowest BCUT2D eigenvalue weighted by Crippen LogP contribution is -2.36. The second kappa shape index (κ2) is 9.05. The smallest absolute Gasteiger partial charge is 0.255 e. The molecule has 1 saturated heterocycles. The van der Waals surface area contributed by atoms with E-state index in [1.165, 1.54) is 0 Å². The molecule has 0 aliphatic carbocycles. The van der Waals surface area contributed by atoms with Gasteiger partial charge in [0, 0.05) is 41.8 Å². The highest BCUT2D eigenvalue weighted by Gasteiger charge is 2.14. The van der Waals surface area contributed by atoms with Gasteiger partial charge in [0.2, 0.25) is 0 Å². The van der Waals surface area contributed by atoms with Crippen molar-refractivity contribution in [2.24, 2.45) is 0 Å². The molecule has 3 aromatic rings. The molecule has 0 spiro atoms. The number of hydrogen-bond acceptors (Lipinski definition) is 4. The van der Waals surface area contributed by atoms with Crippen molar-refractivity contribution in [1.29, 1.82) is 0 Å². The van der Waals surface area contributed by atoms with E-state index in [4.69, 9.17) is 4.74 Å². The molecule has 2 heterocycles. The van der Waals surface area contributed by atoms with Crippen molar-refractivity contribution in [2.45, 2.75) is 13.6 Å². The second-order valence-corrected chi connectivity index (χ2v) is 7.32. The summed E-state index contributed by atoms with van der Waals surface area (Å²) in [6.07, 6.45) is 1.81. The molecule has 30 heavy (non-hydrogen) atoms. The fourth-order valence-corrected chi connectivity index (χ4v) is 3.56. The molecule has 0 atom stereocenters. The number of amides is 1. The van der Waals surface area contributed by atoms with E-state index in [1.807, 2.05) is 37.4 Å². The van der Waals surface area contributed by atoms with Crippen molar-refractivity contribution in [3.8, 4) is 11.3 Å². The number of carbonyl (C=O) groups excluding carboxylic acids is 1. The summed E-state index contributed by atoms with van der Waals surface area (Å²) in [7, 11) is 0. The fourth-order valence-electron chi connectivity index (χ4n) is 3.56. The van der Waals surface area contributed by atoms with Crippen molar-refractivity contribution in [3.05, 3.63) is 77.5 Å². The Bertz CT molecular complexity index is 1050. The summed E-state index contributed by atoms with van der Waals surface area (Å²) in [5.74, 6) is -0.268. The van der Waals surface area contributed by atoms with Crippen LogP contribution in [0.4, 0.5) is 15.8 Å². The molecule has 0 unspecified atom stereocenters. The number of aromatic nitrogens is 1. The minimum absolute atomic E-state index is 0.268. The fraction of sp³-hybridized carbons (Fsp3) is 0.250. The number of nitrogens with one attached hydrogen (secondary N) is 1. The first-order chi connectivity index (χ1) is 14.6. The SMILES string of the molecule is Cc1ccc(NC(=O)c2cccc(CF)c2)cc1-c1cc(N2CCOCC2)ccn1. The highest BCUT2D eigenvalue weighted by molar-refractivity contribution is 6.04. The molecule has 2 aromatic carbocycles. The molecule has 4 rings (SSSR count). The highest BCUT2D eigenvalue weighted by atomic mass is 19.1. The van der Waals surface area contributed by atoms with Gasteiger partial charge in [0.15, 0.2) is 0 Å². The normalized spacial score (nSPS) is 13.9. The van der Waals surface area contributed by atoms with E-state index in [1.54, 1.807) is 24.3 Å². The van der Waals surface area contributed by atoms with Gasteiger partial charge in [-0.2, -0.15) is 0 Å². The van der Waals surface area contributed by atoms with Crippen LogP contribution in [-0.4, -0.2) is 37.2 Å².